The molecule has 0 fully saturated rings. The van der Waals surface area contributed by atoms with Gasteiger partial charge in [0.25, 0.3) is 10.0 Å². The van der Waals surface area contributed by atoms with Crippen molar-refractivity contribution in [2.75, 3.05) is 11.4 Å². The van der Waals surface area contributed by atoms with E-state index in [1.165, 1.54) is 15.6 Å². The minimum atomic E-state index is -3.57. The van der Waals surface area contributed by atoms with Gasteiger partial charge in [0.15, 0.2) is 0 Å². The van der Waals surface area contributed by atoms with Crippen LogP contribution in [-0.2, 0) is 15.9 Å². The van der Waals surface area contributed by atoms with E-state index in [4.69, 9.17) is 11.6 Å². The van der Waals surface area contributed by atoms with Gasteiger partial charge in [-0.15, -0.1) is 22.9 Å². The first-order valence-electron chi connectivity index (χ1n) is 6.06. The van der Waals surface area contributed by atoms with Crippen molar-refractivity contribution >= 4 is 38.6 Å². The van der Waals surface area contributed by atoms with Crippen LogP contribution in [0.2, 0.25) is 0 Å². The predicted molar refractivity (Wildman–Crippen MR) is 85.4 cm³/mol. The number of thiophene rings is 1. The number of sulfonamides is 1. The van der Waals surface area contributed by atoms with Crippen LogP contribution in [0.4, 0.5) is 5.69 Å². The van der Waals surface area contributed by atoms with Crippen LogP contribution in [0.25, 0.3) is 0 Å². The lowest BCUT2D eigenvalue weighted by Crippen LogP contribution is -2.27. The number of benzene rings is 1. The Morgan fingerprint density at radius 3 is 2.35 bits per heavy atom. The monoisotopic (exact) mass is 329 g/mol. The van der Waals surface area contributed by atoms with Crippen molar-refractivity contribution in [3.8, 4) is 0 Å². The van der Waals surface area contributed by atoms with Crippen molar-refractivity contribution in [3.05, 3.63) is 45.6 Å². The number of hydrogen-bond acceptors (Lipinski definition) is 3. The molecule has 0 saturated carbocycles. The quantitative estimate of drug-likeness (QED) is 0.797. The first-order valence-corrected chi connectivity index (χ1v) is 8.91. The maximum atomic E-state index is 12.7. The van der Waals surface area contributed by atoms with Gasteiger partial charge in [-0.2, -0.15) is 0 Å². The number of halogens is 1. The van der Waals surface area contributed by atoms with Crippen LogP contribution in [0.15, 0.2) is 34.5 Å². The summed E-state index contributed by atoms with van der Waals surface area (Å²) in [5.41, 5.74) is 2.73. The summed E-state index contributed by atoms with van der Waals surface area (Å²) in [5.74, 6) is 0.201. The van der Waals surface area contributed by atoms with Gasteiger partial charge in [-0.1, -0.05) is 6.07 Å². The lowest BCUT2D eigenvalue weighted by Gasteiger charge is -2.20. The van der Waals surface area contributed by atoms with Crippen molar-refractivity contribution in [1.82, 2.24) is 0 Å². The second-order valence-electron chi connectivity index (χ2n) is 4.66. The van der Waals surface area contributed by atoms with Crippen molar-refractivity contribution in [1.29, 1.82) is 0 Å². The van der Waals surface area contributed by atoms with Gasteiger partial charge in [-0.3, -0.25) is 4.31 Å². The Hall–Kier alpha value is -1.04. The van der Waals surface area contributed by atoms with E-state index in [1.54, 1.807) is 18.5 Å². The molecule has 0 atom stereocenters. The molecule has 6 heteroatoms. The van der Waals surface area contributed by atoms with Gasteiger partial charge in [0.05, 0.1) is 11.6 Å². The van der Waals surface area contributed by atoms with E-state index < -0.39 is 10.0 Å². The zero-order valence-corrected chi connectivity index (χ0v) is 13.9. The molecule has 0 saturated heterocycles. The van der Waals surface area contributed by atoms with Crippen LogP contribution >= 0.6 is 22.9 Å². The van der Waals surface area contributed by atoms with E-state index in [0.717, 1.165) is 11.1 Å². The molecule has 0 aliphatic rings. The van der Waals surface area contributed by atoms with E-state index in [9.17, 15) is 8.42 Å². The molecule has 1 aromatic carbocycles. The smallest absolute Gasteiger partial charge is 0.265 e. The van der Waals surface area contributed by atoms with Crippen LogP contribution in [0.3, 0.4) is 0 Å². The summed E-state index contributed by atoms with van der Waals surface area (Å²) >= 11 is 7.17. The number of rotatable bonds is 4. The number of aryl methyl sites for hydroxylation is 2. The van der Waals surface area contributed by atoms with Gasteiger partial charge in [0, 0.05) is 11.9 Å². The molecule has 0 bridgehead atoms. The van der Waals surface area contributed by atoms with E-state index >= 15 is 0 Å². The SMILES string of the molecule is Cc1cc(C)cc(N(C)S(=O)(=O)c2ccsc2CCl)c1. The molecule has 0 aliphatic heterocycles. The van der Waals surface area contributed by atoms with Gasteiger partial charge in [0.2, 0.25) is 0 Å². The first kappa shape index (κ1) is 15.4. The average Bonchev–Trinajstić information content (AvgIpc) is 2.85. The fourth-order valence-electron chi connectivity index (χ4n) is 2.07. The maximum Gasteiger partial charge on any atom is 0.265 e. The summed E-state index contributed by atoms with van der Waals surface area (Å²) in [6, 6.07) is 7.34. The molecule has 1 heterocycles. The third kappa shape index (κ3) is 2.85. The zero-order chi connectivity index (χ0) is 14.9. The number of nitrogens with zero attached hydrogens (tertiary/aromatic N) is 1. The third-order valence-corrected chi connectivity index (χ3v) is 6.38. The van der Waals surface area contributed by atoms with Crippen molar-refractivity contribution < 1.29 is 8.42 Å². The molecule has 0 aliphatic carbocycles. The Kier molecular flexibility index (Phi) is 4.42. The molecule has 0 radical (unpaired) electrons. The normalized spacial score (nSPS) is 11.6. The van der Waals surface area contributed by atoms with Crippen molar-refractivity contribution in [2.45, 2.75) is 24.6 Å². The van der Waals surface area contributed by atoms with Crippen LogP contribution in [0, 0.1) is 13.8 Å². The van der Waals surface area contributed by atoms with Gasteiger partial charge in [-0.05, 0) is 48.6 Å². The Bertz CT molecular complexity index is 702. The zero-order valence-electron chi connectivity index (χ0n) is 11.6. The summed E-state index contributed by atoms with van der Waals surface area (Å²) in [4.78, 5) is 0.960. The topological polar surface area (TPSA) is 37.4 Å². The number of hydrogen-bond donors (Lipinski definition) is 0. The van der Waals surface area contributed by atoms with Crippen molar-refractivity contribution in [3.63, 3.8) is 0 Å². The first-order chi connectivity index (χ1) is 9.36. The van der Waals surface area contributed by atoms with Gasteiger partial charge in [0.1, 0.15) is 4.90 Å². The second-order valence-corrected chi connectivity index (χ2v) is 7.87. The summed E-state index contributed by atoms with van der Waals surface area (Å²) in [5, 5.41) is 1.75. The summed E-state index contributed by atoms with van der Waals surface area (Å²) in [6.45, 7) is 3.90. The second kappa shape index (κ2) is 5.76. The molecular weight excluding hydrogens is 314 g/mol. The average molecular weight is 330 g/mol. The standard InChI is InChI=1S/C14H16ClNO2S2/c1-10-6-11(2)8-12(7-10)16(3)20(17,18)14-4-5-19-13(14)9-15/h4-8H,9H2,1-3H3. The highest BCUT2D eigenvalue weighted by Gasteiger charge is 2.25. The van der Waals surface area contributed by atoms with E-state index in [1.807, 2.05) is 32.0 Å². The number of alkyl halides is 1. The van der Waals surface area contributed by atoms with Gasteiger partial charge >= 0.3 is 0 Å². The minimum absolute atomic E-state index is 0.201. The lowest BCUT2D eigenvalue weighted by molar-refractivity contribution is 0.594. The fourth-order valence-corrected chi connectivity index (χ4v) is 4.93. The molecule has 0 spiro atoms. The molecule has 3 nitrogen and oxygen atoms in total. The van der Waals surface area contributed by atoms with E-state index in [-0.39, 0.29) is 5.88 Å². The predicted octanol–water partition coefficient (Wildman–Crippen LogP) is 3.93. The fraction of sp³-hybridized carbons (Fsp3) is 0.286. The van der Waals surface area contributed by atoms with Crippen LogP contribution in [-0.4, -0.2) is 15.5 Å². The number of anilines is 1. The summed E-state index contributed by atoms with van der Waals surface area (Å²) in [7, 11) is -2.00. The van der Waals surface area contributed by atoms with Crippen LogP contribution in [0.1, 0.15) is 16.0 Å². The summed E-state index contributed by atoms with van der Waals surface area (Å²) in [6.07, 6.45) is 0. The summed E-state index contributed by atoms with van der Waals surface area (Å²) < 4.78 is 26.7. The Labute approximate surface area is 128 Å². The molecule has 2 aromatic rings. The molecule has 0 amide bonds. The minimum Gasteiger partial charge on any atom is -0.269 e. The van der Waals surface area contributed by atoms with Gasteiger partial charge < -0.3 is 0 Å². The Balaban J connectivity index is 2.49. The van der Waals surface area contributed by atoms with Crippen molar-refractivity contribution in [2.24, 2.45) is 0 Å². The highest BCUT2D eigenvalue weighted by molar-refractivity contribution is 7.93. The highest BCUT2D eigenvalue weighted by Crippen LogP contribution is 2.29. The van der Waals surface area contributed by atoms with E-state index in [0.29, 0.717) is 15.5 Å². The highest BCUT2D eigenvalue weighted by atomic mass is 35.5. The molecule has 20 heavy (non-hydrogen) atoms. The molecular formula is C14H16ClNO2S2. The van der Waals surface area contributed by atoms with Crippen LogP contribution in [0.5, 0.6) is 0 Å². The van der Waals surface area contributed by atoms with E-state index in [2.05, 4.69) is 0 Å². The largest absolute Gasteiger partial charge is 0.269 e. The third-order valence-electron chi connectivity index (χ3n) is 3.03. The Morgan fingerprint density at radius 2 is 1.80 bits per heavy atom. The molecule has 1 aromatic heterocycles. The maximum absolute atomic E-state index is 12.7. The Morgan fingerprint density at radius 1 is 1.20 bits per heavy atom. The van der Waals surface area contributed by atoms with Gasteiger partial charge in [-0.25, -0.2) is 8.42 Å². The molecule has 0 N–H and O–H groups in total. The molecule has 2 rings (SSSR count). The molecule has 0 unspecified atom stereocenters. The lowest BCUT2D eigenvalue weighted by atomic mass is 10.1. The van der Waals surface area contributed by atoms with Crippen LogP contribution < -0.4 is 4.31 Å². The molecule has 108 valence electrons.